The van der Waals surface area contributed by atoms with Crippen LogP contribution in [0.15, 0.2) is 128 Å². The third-order valence-corrected chi connectivity index (χ3v) is 6.91. The van der Waals surface area contributed by atoms with Gasteiger partial charge in [-0.1, -0.05) is 53.9 Å². The van der Waals surface area contributed by atoms with E-state index < -0.39 is 0 Å². The Morgan fingerprint density at radius 1 is 0.632 bits per heavy atom. The number of pyridine rings is 2. The van der Waals surface area contributed by atoms with Gasteiger partial charge in [-0.15, -0.1) is 65.0 Å². The molecule has 0 spiro atoms. The summed E-state index contributed by atoms with van der Waals surface area (Å²) < 4.78 is 5.70. The molecule has 0 aliphatic heterocycles. The van der Waals surface area contributed by atoms with Crippen LogP contribution >= 0.6 is 11.5 Å². The normalized spacial score (nSPS) is 10.4. The van der Waals surface area contributed by atoms with Crippen LogP contribution in [0.3, 0.4) is 0 Å². The first-order chi connectivity index (χ1) is 18.4. The zero-order chi connectivity index (χ0) is 24.9. The molecule has 0 unspecified atom stereocenters. The Balaban J connectivity index is 0.000000161. The van der Waals surface area contributed by atoms with Crippen molar-refractivity contribution in [3.05, 3.63) is 140 Å². The van der Waals surface area contributed by atoms with Crippen molar-refractivity contribution in [3.8, 4) is 33.6 Å². The molecule has 3 nitrogen and oxygen atoms in total. The van der Waals surface area contributed by atoms with Gasteiger partial charge in [0.05, 0.1) is 0 Å². The van der Waals surface area contributed by atoms with E-state index in [0.717, 1.165) is 22.5 Å². The molecule has 0 saturated carbocycles. The average Bonchev–Trinajstić information content (AvgIpc) is 3.43. The number of hydrogen-bond acceptors (Lipinski definition) is 4. The van der Waals surface area contributed by atoms with E-state index in [-0.39, 0.29) is 20.1 Å². The van der Waals surface area contributed by atoms with Crippen LogP contribution < -0.4 is 0 Å². The summed E-state index contributed by atoms with van der Waals surface area (Å²) in [6.45, 7) is 0. The number of nitrogens with zero attached hydrogens (tertiary/aromatic N) is 3. The number of benzene rings is 4. The first-order valence-corrected chi connectivity index (χ1v) is 12.7. The van der Waals surface area contributed by atoms with Crippen LogP contribution in [-0.4, -0.2) is 14.3 Å². The first-order valence-electron chi connectivity index (χ1n) is 11.9. The van der Waals surface area contributed by atoms with Crippen LogP contribution in [-0.2, 0) is 20.1 Å². The van der Waals surface area contributed by atoms with E-state index in [2.05, 4.69) is 62.9 Å². The molecule has 0 bridgehead atoms. The van der Waals surface area contributed by atoms with Crippen molar-refractivity contribution in [1.29, 1.82) is 0 Å². The molecular weight excluding hydrogens is 663 g/mol. The van der Waals surface area contributed by atoms with Crippen LogP contribution in [0.5, 0.6) is 0 Å². The van der Waals surface area contributed by atoms with Crippen LogP contribution in [0.4, 0.5) is 0 Å². The van der Waals surface area contributed by atoms with Crippen molar-refractivity contribution < 1.29 is 20.1 Å². The van der Waals surface area contributed by atoms with Gasteiger partial charge in [0.25, 0.3) is 0 Å². The van der Waals surface area contributed by atoms with Gasteiger partial charge < -0.3 is 4.98 Å². The van der Waals surface area contributed by atoms with Gasteiger partial charge >= 0.3 is 0 Å². The maximum absolute atomic E-state index is 4.48. The van der Waals surface area contributed by atoms with Crippen LogP contribution in [0.1, 0.15) is 0 Å². The van der Waals surface area contributed by atoms with E-state index in [1.165, 1.54) is 43.5 Å². The van der Waals surface area contributed by atoms with Crippen molar-refractivity contribution in [2.45, 2.75) is 0 Å². The van der Waals surface area contributed by atoms with Gasteiger partial charge in [-0.3, -0.25) is 4.98 Å². The molecule has 4 aromatic carbocycles. The van der Waals surface area contributed by atoms with Crippen LogP contribution in [0.25, 0.3) is 54.5 Å². The van der Waals surface area contributed by atoms with E-state index in [1.807, 2.05) is 91.4 Å². The molecule has 0 saturated heterocycles. The molecule has 5 heteroatoms. The minimum atomic E-state index is 0. The summed E-state index contributed by atoms with van der Waals surface area (Å²) in [5, 5.41) is 3.57. The fraction of sp³-hybridized carbons (Fsp3) is 0. The molecule has 0 amide bonds. The summed E-state index contributed by atoms with van der Waals surface area (Å²) in [4.78, 5) is 8.51. The summed E-state index contributed by atoms with van der Waals surface area (Å²) in [6, 6.07) is 43.3. The van der Waals surface area contributed by atoms with E-state index in [0.29, 0.717) is 0 Å². The summed E-state index contributed by atoms with van der Waals surface area (Å²) in [7, 11) is 0. The molecule has 3 aromatic heterocycles. The third-order valence-electron chi connectivity index (χ3n) is 6.09. The molecule has 185 valence electrons. The average molecular weight is 684 g/mol. The maximum Gasteiger partial charge on any atom is 0.0454 e. The summed E-state index contributed by atoms with van der Waals surface area (Å²) in [5.74, 6) is 0. The summed E-state index contributed by atoms with van der Waals surface area (Å²) >= 11 is 1.54. The minimum Gasteiger partial charge on any atom is -0.305 e. The number of rotatable bonds is 3. The maximum atomic E-state index is 4.48. The fourth-order valence-corrected chi connectivity index (χ4v) is 5.08. The van der Waals surface area contributed by atoms with Gasteiger partial charge in [0.1, 0.15) is 0 Å². The van der Waals surface area contributed by atoms with Gasteiger partial charge in [-0.2, -0.15) is 0 Å². The minimum absolute atomic E-state index is 0. The zero-order valence-electron chi connectivity index (χ0n) is 20.2. The Bertz CT molecular complexity index is 1770. The Kier molecular flexibility index (Phi) is 8.10. The summed E-state index contributed by atoms with van der Waals surface area (Å²) in [5.41, 5.74) is 6.45. The Morgan fingerprint density at radius 2 is 1.47 bits per heavy atom. The molecule has 0 atom stereocenters. The molecule has 0 aliphatic carbocycles. The second-order valence-corrected chi connectivity index (χ2v) is 9.21. The Morgan fingerprint density at radius 3 is 2.29 bits per heavy atom. The van der Waals surface area contributed by atoms with Gasteiger partial charge in [0, 0.05) is 49.1 Å². The molecule has 0 N–H and O–H groups in total. The van der Waals surface area contributed by atoms with Crippen molar-refractivity contribution >= 4 is 32.4 Å². The molecule has 38 heavy (non-hydrogen) atoms. The van der Waals surface area contributed by atoms with Crippen molar-refractivity contribution in [3.63, 3.8) is 0 Å². The second-order valence-electron chi connectivity index (χ2n) is 8.41. The fourth-order valence-electron chi connectivity index (χ4n) is 4.29. The number of fused-ring (bicyclic) bond motifs is 2. The molecule has 7 aromatic rings. The Hall–Kier alpha value is -4.02. The molecule has 7 rings (SSSR count). The monoisotopic (exact) mass is 684 g/mol. The van der Waals surface area contributed by atoms with Gasteiger partial charge in [-0.25, -0.2) is 4.37 Å². The topological polar surface area (TPSA) is 38.7 Å². The number of aromatic nitrogens is 3. The van der Waals surface area contributed by atoms with E-state index >= 15 is 0 Å². The zero-order valence-corrected chi connectivity index (χ0v) is 23.4. The van der Waals surface area contributed by atoms with Crippen LogP contribution in [0.2, 0.25) is 0 Å². The number of hydrogen-bond donors (Lipinski definition) is 0. The molecule has 0 fully saturated rings. The standard InChI is InChI=1S/C20H13N2.C13H8NS.Ir/c1-2-11-22-20(6-1)19-5-3-4-17-14-16(7-8-18(17)19)15-9-12-21-13-10-15;1-2-6-10(7-3-1)13-11-8-4-5-9-12(11)15-14-13;/h1-4,6-14H;1-6,8-9H;/q2*-1;. The SMILES string of the molecule is [Ir].[c-]1ccc2cc(-c3ccncc3)ccc2c1-c1ccccn1.[c-]1ccccc1-c1nsc2ccccc12. The molecular formula is C33H21IrN3S-2. The Labute approximate surface area is 239 Å². The van der Waals surface area contributed by atoms with Crippen molar-refractivity contribution in [2.24, 2.45) is 0 Å². The van der Waals surface area contributed by atoms with E-state index in [4.69, 9.17) is 0 Å². The van der Waals surface area contributed by atoms with Crippen LogP contribution in [0, 0.1) is 12.1 Å². The van der Waals surface area contributed by atoms with Gasteiger partial charge in [0.2, 0.25) is 0 Å². The van der Waals surface area contributed by atoms with E-state index in [9.17, 15) is 0 Å². The quantitative estimate of drug-likeness (QED) is 0.175. The summed E-state index contributed by atoms with van der Waals surface area (Å²) in [6.07, 6.45) is 5.45. The van der Waals surface area contributed by atoms with Crippen molar-refractivity contribution in [2.75, 3.05) is 0 Å². The molecule has 3 heterocycles. The third kappa shape index (κ3) is 5.46. The predicted octanol–water partition coefficient (Wildman–Crippen LogP) is 8.52. The first kappa shape index (κ1) is 25.6. The van der Waals surface area contributed by atoms with Crippen molar-refractivity contribution in [1.82, 2.24) is 14.3 Å². The second kappa shape index (κ2) is 12.0. The predicted molar refractivity (Wildman–Crippen MR) is 153 cm³/mol. The van der Waals surface area contributed by atoms with E-state index in [1.54, 1.807) is 0 Å². The molecule has 1 radical (unpaired) electrons. The van der Waals surface area contributed by atoms with Gasteiger partial charge in [0.15, 0.2) is 0 Å². The smallest absolute Gasteiger partial charge is 0.0454 e. The molecule has 0 aliphatic rings. The largest absolute Gasteiger partial charge is 0.305 e. The van der Waals surface area contributed by atoms with Gasteiger partial charge in [-0.05, 0) is 58.0 Å².